The molecule has 492 valence electrons. The minimum Gasteiger partial charge on any atom is -0.161 e. The van der Waals surface area contributed by atoms with Crippen molar-refractivity contribution >= 4 is 83.2 Å². The molecule has 3 unspecified atom stereocenters. The molecule has 3 atom stereocenters. The highest BCUT2D eigenvalue weighted by molar-refractivity contribution is 8.36. The van der Waals surface area contributed by atoms with Crippen LogP contribution in [0.15, 0.2) is 85.1 Å². The zero-order valence-corrected chi connectivity index (χ0v) is 62.5. The molecule has 0 aromatic carbocycles. The fourth-order valence-electron chi connectivity index (χ4n) is 10.5. The van der Waals surface area contributed by atoms with Crippen molar-refractivity contribution in [3.8, 4) is 0 Å². The second-order valence-corrected chi connectivity index (χ2v) is 34.6. The van der Waals surface area contributed by atoms with E-state index in [2.05, 4.69) is 197 Å². The molecule has 0 aromatic heterocycles. The maximum Gasteiger partial charge on any atom is 0.127 e. The van der Waals surface area contributed by atoms with E-state index in [-0.39, 0.29) is 11.4 Å². The van der Waals surface area contributed by atoms with Gasteiger partial charge in [-0.1, -0.05) is 332 Å². The molecule has 7 heteroatoms. The monoisotopic (exact) mass is 1290 g/mol. The second-order valence-electron chi connectivity index (χ2n) is 24.2. The van der Waals surface area contributed by atoms with Crippen molar-refractivity contribution in [1.29, 1.82) is 0 Å². The molecule has 0 N–H and O–H groups in total. The van der Waals surface area contributed by atoms with Gasteiger partial charge in [0, 0.05) is 23.0 Å². The van der Waals surface area contributed by atoms with Crippen molar-refractivity contribution in [2.75, 3.05) is 28.8 Å². The molecule has 0 radical (unpaired) electrons. The molecule has 0 aliphatic rings. The normalized spacial score (nSPS) is 14.4. The Labute approximate surface area is 560 Å². The maximum absolute atomic E-state index is 5.31. The van der Waals surface area contributed by atoms with Gasteiger partial charge in [0.25, 0.3) is 0 Å². The SMILES string of the molecule is CC=CCCCCCCCCCCSC(C=CCCCCCCCC(SCC=CCCCCCC)(SCC=CCCCCCCC)SCC=CCCCCCCCCC)(SCC=CCCCCC)SC(S)/C=C\CCCCCCCCCCC. The Morgan fingerprint density at radius 3 is 1.00 bits per heavy atom. The number of rotatable bonds is 69. The van der Waals surface area contributed by atoms with E-state index in [1.54, 1.807) is 0 Å². The predicted octanol–water partition coefficient (Wildman–Crippen LogP) is 30.1. The largest absolute Gasteiger partial charge is 0.161 e. The summed E-state index contributed by atoms with van der Waals surface area (Å²) in [6, 6.07) is 0. The number of unbranched alkanes of at least 4 members (excludes halogenated alkanes) is 41. The van der Waals surface area contributed by atoms with Gasteiger partial charge < -0.3 is 0 Å². The number of thiol groups is 1. The summed E-state index contributed by atoms with van der Waals surface area (Å²) >= 11 is 18.6. The first-order valence-electron chi connectivity index (χ1n) is 36.6. The Kier molecular flexibility index (Phi) is 71.6. The highest BCUT2D eigenvalue weighted by Gasteiger charge is 2.32. The summed E-state index contributed by atoms with van der Waals surface area (Å²) < 4.78 is 0.373. The highest BCUT2D eigenvalue weighted by atomic mass is 32.3. The molecule has 0 bridgehead atoms. The number of thioether (sulfide) groups is 6. The van der Waals surface area contributed by atoms with Gasteiger partial charge in [-0.15, -0.1) is 70.6 Å². The molecule has 0 aromatic rings. The average Bonchev–Trinajstić information content (AvgIpc) is 3.64. The molecule has 0 spiro atoms. The molecule has 0 nitrogen and oxygen atoms in total. The summed E-state index contributed by atoms with van der Waals surface area (Å²) in [6.45, 7) is 13.7. The molecule has 0 fully saturated rings. The van der Waals surface area contributed by atoms with Gasteiger partial charge in [0.15, 0.2) is 0 Å². The van der Waals surface area contributed by atoms with Crippen molar-refractivity contribution < 1.29 is 0 Å². The van der Waals surface area contributed by atoms with E-state index in [0.29, 0.717) is 0 Å². The van der Waals surface area contributed by atoms with Crippen molar-refractivity contribution in [2.45, 2.75) is 368 Å². The van der Waals surface area contributed by atoms with E-state index in [4.69, 9.17) is 12.6 Å². The van der Waals surface area contributed by atoms with Crippen LogP contribution < -0.4 is 0 Å². The van der Waals surface area contributed by atoms with Gasteiger partial charge in [-0.3, -0.25) is 0 Å². The van der Waals surface area contributed by atoms with E-state index in [1.807, 2.05) is 0 Å². The predicted molar refractivity (Wildman–Crippen MR) is 412 cm³/mol. The minimum atomic E-state index is -0.0251. The molecule has 0 saturated carbocycles. The van der Waals surface area contributed by atoms with Gasteiger partial charge in [0.05, 0.1) is 4.58 Å². The van der Waals surface area contributed by atoms with Crippen LogP contribution >= 0.6 is 83.2 Å². The molecule has 0 rings (SSSR count). The summed E-state index contributed by atoms with van der Waals surface area (Å²) in [5, 5.41) is 0. The molecule has 0 aliphatic carbocycles. The van der Waals surface area contributed by atoms with Crippen LogP contribution in [0.5, 0.6) is 0 Å². The molecule has 84 heavy (non-hydrogen) atoms. The van der Waals surface area contributed by atoms with E-state index < -0.39 is 0 Å². The lowest BCUT2D eigenvalue weighted by Crippen LogP contribution is -2.17. The first-order chi connectivity index (χ1) is 41.5. The molecule has 0 heterocycles. The van der Waals surface area contributed by atoms with E-state index in [9.17, 15) is 0 Å². The fourth-order valence-corrected chi connectivity index (χ4v) is 20.7. The van der Waals surface area contributed by atoms with Crippen molar-refractivity contribution in [3.05, 3.63) is 85.1 Å². The first kappa shape index (κ1) is 84.6. The number of hydrogen-bond acceptors (Lipinski definition) is 7. The van der Waals surface area contributed by atoms with Crippen LogP contribution in [0.2, 0.25) is 0 Å². The Balaban J connectivity index is 6.05. The van der Waals surface area contributed by atoms with Crippen LogP contribution in [0, 0.1) is 0 Å². The van der Waals surface area contributed by atoms with E-state index >= 15 is 0 Å². The lowest BCUT2D eigenvalue weighted by molar-refractivity contribution is 0.566. The zero-order chi connectivity index (χ0) is 60.9. The molecule has 0 saturated heterocycles. The van der Waals surface area contributed by atoms with E-state index in [0.717, 1.165) is 23.0 Å². The average molecular weight is 1290 g/mol. The lowest BCUT2D eigenvalue weighted by Gasteiger charge is -2.32. The topological polar surface area (TPSA) is 0 Å². The highest BCUT2D eigenvalue weighted by Crippen LogP contribution is 2.52. The third-order valence-corrected chi connectivity index (χ3v) is 26.3. The first-order valence-corrected chi connectivity index (χ1v) is 42.9. The Bertz CT molecular complexity index is 1500. The van der Waals surface area contributed by atoms with Crippen molar-refractivity contribution in [3.63, 3.8) is 0 Å². The smallest absolute Gasteiger partial charge is 0.127 e. The minimum absolute atomic E-state index is 0.0251. The van der Waals surface area contributed by atoms with Gasteiger partial charge >= 0.3 is 0 Å². The number of allylic oxidation sites excluding steroid dienone is 8. The Morgan fingerprint density at radius 1 is 0.298 bits per heavy atom. The molecular formula is C77H142S7. The van der Waals surface area contributed by atoms with Crippen LogP contribution in [-0.4, -0.2) is 40.2 Å². The van der Waals surface area contributed by atoms with E-state index in [1.165, 1.54) is 320 Å². The summed E-state index contributed by atoms with van der Waals surface area (Å²) in [4.78, 5) is 0. The third-order valence-electron chi connectivity index (χ3n) is 15.9. The Morgan fingerprint density at radius 2 is 0.595 bits per heavy atom. The van der Waals surface area contributed by atoms with Crippen LogP contribution in [0.25, 0.3) is 0 Å². The van der Waals surface area contributed by atoms with Crippen LogP contribution in [0.3, 0.4) is 0 Å². The molecule has 0 amide bonds. The van der Waals surface area contributed by atoms with Crippen molar-refractivity contribution in [1.82, 2.24) is 0 Å². The van der Waals surface area contributed by atoms with Gasteiger partial charge in [0.1, 0.15) is 6.82 Å². The standard InChI is InChI=1S/C77H142S7/c1-7-13-19-25-31-35-38-40-44-51-59-67-75(78)84-77(82-73-65-54-30-24-18-12-6,83-74-66-58-50-42-39-36-32-26-20-14-8-2)69-61-53-46-43-45-52-60-68-76(79-70-62-55-47-29-23-17-11-5,80-71-63-56-48-34-28-22-16-10-4)81-72-64-57-49-41-37-33-27-21-15-9-3/h8,14,54-57,59,61-65,67,69,75,78H,7,9-13,15-53,58,60,66,68,70-74H2,1-6H3/b14-8?,62-55?,63-56?,64-57?,65-54?,67-59-,69-61?. The van der Waals surface area contributed by atoms with Gasteiger partial charge in [-0.2, -0.15) is 12.6 Å². The summed E-state index contributed by atoms with van der Waals surface area (Å²) in [5.74, 6) is 5.71. The maximum atomic E-state index is 5.31. The molecule has 0 aliphatic heterocycles. The summed E-state index contributed by atoms with van der Waals surface area (Å²) in [6.07, 6.45) is 101. The second kappa shape index (κ2) is 71.1. The van der Waals surface area contributed by atoms with Gasteiger partial charge in [-0.25, -0.2) is 0 Å². The number of hydrogen-bond donors (Lipinski definition) is 1. The van der Waals surface area contributed by atoms with Crippen LogP contribution in [0.4, 0.5) is 0 Å². The van der Waals surface area contributed by atoms with Crippen molar-refractivity contribution in [2.24, 2.45) is 0 Å². The summed E-state index contributed by atoms with van der Waals surface area (Å²) in [7, 11) is 0. The van der Waals surface area contributed by atoms with Crippen LogP contribution in [0.1, 0.15) is 356 Å². The van der Waals surface area contributed by atoms with Crippen LogP contribution in [-0.2, 0) is 0 Å². The molecular weight excluding hydrogens is 1150 g/mol. The third kappa shape index (κ3) is 61.5. The quantitative estimate of drug-likeness (QED) is 0.0277. The fraction of sp³-hybridized carbons (Fsp3) is 0.818. The lowest BCUT2D eigenvalue weighted by atomic mass is 10.1. The van der Waals surface area contributed by atoms with Gasteiger partial charge in [-0.05, 0) is 115 Å². The summed E-state index contributed by atoms with van der Waals surface area (Å²) in [5.41, 5.74) is 0. The van der Waals surface area contributed by atoms with Gasteiger partial charge in [0.2, 0.25) is 0 Å². The zero-order valence-electron chi connectivity index (χ0n) is 56.7. The Hall–Kier alpha value is 0.630.